The third kappa shape index (κ3) is 5.01. The highest BCUT2D eigenvalue weighted by Crippen LogP contribution is 2.23. The molecular weight excluding hydrogens is 359 g/mol. The maximum atomic E-state index is 12.9. The van der Waals surface area contributed by atoms with E-state index in [9.17, 15) is 14.0 Å². The normalized spacial score (nSPS) is 11.8. The molecule has 1 unspecified atom stereocenters. The summed E-state index contributed by atoms with van der Waals surface area (Å²) >= 11 is 1.18. The van der Waals surface area contributed by atoms with Gasteiger partial charge in [0.05, 0.1) is 5.69 Å². The van der Waals surface area contributed by atoms with E-state index in [4.69, 9.17) is 9.84 Å². The number of carbonyl (C=O) groups is 2. The van der Waals surface area contributed by atoms with Crippen molar-refractivity contribution in [1.29, 1.82) is 0 Å². The number of benzene rings is 1. The van der Waals surface area contributed by atoms with E-state index < -0.39 is 5.97 Å². The third-order valence-electron chi connectivity index (χ3n) is 3.90. The Morgan fingerprint density at radius 3 is 2.58 bits per heavy atom. The van der Waals surface area contributed by atoms with Gasteiger partial charge in [-0.25, -0.2) is 9.37 Å². The van der Waals surface area contributed by atoms with Crippen molar-refractivity contribution in [2.75, 3.05) is 6.54 Å². The number of aromatic nitrogens is 1. The lowest BCUT2D eigenvalue weighted by molar-refractivity contribution is -0.138. The van der Waals surface area contributed by atoms with E-state index in [0.717, 1.165) is 0 Å². The molecule has 0 saturated heterocycles. The number of aliphatic carboxylic acids is 1. The lowest BCUT2D eigenvalue weighted by Gasteiger charge is -2.26. The molecule has 1 heterocycles. The minimum Gasteiger partial charge on any atom is -0.486 e. The van der Waals surface area contributed by atoms with Crippen molar-refractivity contribution in [3.05, 3.63) is 45.7 Å². The molecular formula is C18H21FN2O4S. The number of carboxylic acid groups (broad SMARTS) is 1. The van der Waals surface area contributed by atoms with Crippen LogP contribution in [0.3, 0.4) is 0 Å². The molecule has 2 rings (SSSR count). The zero-order valence-electron chi connectivity index (χ0n) is 14.9. The summed E-state index contributed by atoms with van der Waals surface area (Å²) in [6.45, 7) is 5.21. The number of rotatable bonds is 8. The van der Waals surface area contributed by atoms with Gasteiger partial charge in [0.25, 0.3) is 5.91 Å². The van der Waals surface area contributed by atoms with Gasteiger partial charge in [-0.05, 0) is 44.5 Å². The second-order valence-corrected chi connectivity index (χ2v) is 6.93. The van der Waals surface area contributed by atoms with Crippen LogP contribution in [-0.2, 0) is 11.4 Å². The second-order valence-electron chi connectivity index (χ2n) is 5.85. The molecule has 0 radical (unpaired) electrons. The standard InChI is InChI=1S/C18H21FN2O4S/c1-4-11(2)21(9-16(22)23)18(24)17-12(3)20-15(26-17)10-25-14-7-5-13(19)6-8-14/h5-8,11H,4,9-10H2,1-3H3,(H,22,23). The molecule has 2 aromatic rings. The minimum atomic E-state index is -1.05. The minimum absolute atomic E-state index is 0.146. The monoisotopic (exact) mass is 380 g/mol. The van der Waals surface area contributed by atoms with Gasteiger partial charge in [0.15, 0.2) is 0 Å². The zero-order valence-corrected chi connectivity index (χ0v) is 15.7. The van der Waals surface area contributed by atoms with Crippen molar-refractivity contribution in [1.82, 2.24) is 9.88 Å². The molecule has 0 aliphatic carbocycles. The van der Waals surface area contributed by atoms with Crippen LogP contribution in [0.15, 0.2) is 24.3 Å². The molecule has 0 aliphatic heterocycles. The second kappa shape index (κ2) is 8.75. The number of aryl methyl sites for hydroxylation is 1. The van der Waals surface area contributed by atoms with Crippen LogP contribution in [-0.4, -0.2) is 39.5 Å². The quantitative estimate of drug-likeness (QED) is 0.758. The first-order valence-electron chi connectivity index (χ1n) is 8.19. The fraction of sp³-hybridized carbons (Fsp3) is 0.389. The predicted molar refractivity (Wildman–Crippen MR) is 96.0 cm³/mol. The van der Waals surface area contributed by atoms with Gasteiger partial charge in [-0.2, -0.15) is 0 Å². The summed E-state index contributed by atoms with van der Waals surface area (Å²) in [7, 11) is 0. The molecule has 0 aliphatic rings. The number of hydrogen-bond acceptors (Lipinski definition) is 5. The molecule has 26 heavy (non-hydrogen) atoms. The van der Waals surface area contributed by atoms with Crippen LogP contribution in [0.2, 0.25) is 0 Å². The lowest BCUT2D eigenvalue weighted by atomic mass is 10.2. The Bertz CT molecular complexity index is 776. The SMILES string of the molecule is CCC(C)N(CC(=O)O)C(=O)c1sc(COc2ccc(F)cc2)nc1C. The largest absolute Gasteiger partial charge is 0.486 e. The predicted octanol–water partition coefficient (Wildman–Crippen LogP) is 3.49. The smallest absolute Gasteiger partial charge is 0.323 e. The maximum Gasteiger partial charge on any atom is 0.323 e. The molecule has 0 spiro atoms. The number of amides is 1. The Labute approximate surface area is 155 Å². The fourth-order valence-electron chi connectivity index (χ4n) is 2.31. The van der Waals surface area contributed by atoms with E-state index in [1.54, 1.807) is 6.92 Å². The molecule has 6 nitrogen and oxygen atoms in total. The number of nitrogens with zero attached hydrogens (tertiary/aromatic N) is 2. The molecule has 140 valence electrons. The molecule has 0 fully saturated rings. The zero-order chi connectivity index (χ0) is 19.3. The summed E-state index contributed by atoms with van der Waals surface area (Å²) in [5, 5.41) is 9.67. The van der Waals surface area contributed by atoms with Crippen molar-refractivity contribution >= 4 is 23.2 Å². The van der Waals surface area contributed by atoms with Crippen LogP contribution in [0.5, 0.6) is 5.75 Å². The van der Waals surface area contributed by atoms with Crippen LogP contribution in [0.1, 0.15) is 40.6 Å². The summed E-state index contributed by atoms with van der Waals surface area (Å²) in [4.78, 5) is 29.9. The van der Waals surface area contributed by atoms with Gasteiger partial charge in [-0.3, -0.25) is 9.59 Å². The van der Waals surface area contributed by atoms with Crippen LogP contribution >= 0.6 is 11.3 Å². The Morgan fingerprint density at radius 1 is 1.35 bits per heavy atom. The molecule has 1 N–H and O–H groups in total. The van der Waals surface area contributed by atoms with Gasteiger partial charge in [-0.1, -0.05) is 6.92 Å². The number of halogens is 1. The Kier molecular flexibility index (Phi) is 6.68. The topological polar surface area (TPSA) is 79.7 Å². The van der Waals surface area contributed by atoms with Gasteiger partial charge in [-0.15, -0.1) is 11.3 Å². The van der Waals surface area contributed by atoms with Gasteiger partial charge >= 0.3 is 5.97 Å². The molecule has 0 bridgehead atoms. The van der Waals surface area contributed by atoms with Gasteiger partial charge < -0.3 is 14.7 Å². The summed E-state index contributed by atoms with van der Waals surface area (Å²) in [6, 6.07) is 5.43. The third-order valence-corrected chi connectivity index (χ3v) is 5.02. The molecule has 0 saturated carbocycles. The van der Waals surface area contributed by atoms with E-state index in [1.165, 1.54) is 40.5 Å². The highest BCUT2D eigenvalue weighted by Gasteiger charge is 2.26. The van der Waals surface area contributed by atoms with Crippen LogP contribution in [0, 0.1) is 12.7 Å². The number of ether oxygens (including phenoxy) is 1. The highest BCUT2D eigenvalue weighted by atomic mass is 32.1. The molecule has 1 aromatic heterocycles. The van der Waals surface area contributed by atoms with Gasteiger partial charge in [0.2, 0.25) is 0 Å². The average Bonchev–Trinajstić information content (AvgIpc) is 2.98. The van der Waals surface area contributed by atoms with E-state index in [-0.39, 0.29) is 30.9 Å². The van der Waals surface area contributed by atoms with E-state index in [1.807, 2.05) is 13.8 Å². The van der Waals surface area contributed by atoms with Crippen molar-refractivity contribution < 1.29 is 23.8 Å². The van der Waals surface area contributed by atoms with E-state index >= 15 is 0 Å². The molecule has 1 aromatic carbocycles. The number of hydrogen-bond donors (Lipinski definition) is 1. The van der Waals surface area contributed by atoms with E-state index in [2.05, 4.69) is 4.98 Å². The van der Waals surface area contributed by atoms with Crippen LogP contribution < -0.4 is 4.74 Å². The Hall–Kier alpha value is -2.48. The average molecular weight is 380 g/mol. The van der Waals surface area contributed by atoms with Gasteiger partial charge in [0, 0.05) is 6.04 Å². The van der Waals surface area contributed by atoms with E-state index in [0.29, 0.717) is 27.7 Å². The van der Waals surface area contributed by atoms with Crippen LogP contribution in [0.25, 0.3) is 0 Å². The Balaban J connectivity index is 2.13. The highest BCUT2D eigenvalue weighted by molar-refractivity contribution is 7.13. The van der Waals surface area contributed by atoms with Gasteiger partial charge in [0.1, 0.15) is 34.6 Å². The van der Waals surface area contributed by atoms with Crippen molar-refractivity contribution in [2.24, 2.45) is 0 Å². The first-order valence-corrected chi connectivity index (χ1v) is 9.00. The van der Waals surface area contributed by atoms with Crippen LogP contribution in [0.4, 0.5) is 4.39 Å². The molecule has 1 amide bonds. The Morgan fingerprint density at radius 2 is 2.00 bits per heavy atom. The fourth-order valence-corrected chi connectivity index (χ4v) is 3.25. The number of thiazole rings is 1. The van der Waals surface area contributed by atoms with Crippen molar-refractivity contribution in [2.45, 2.75) is 39.8 Å². The summed E-state index contributed by atoms with van der Waals surface area (Å²) in [6.07, 6.45) is 0.650. The number of carbonyl (C=O) groups excluding carboxylic acids is 1. The first-order chi connectivity index (χ1) is 12.3. The summed E-state index contributed by atoms with van der Waals surface area (Å²) in [5.41, 5.74) is 0.538. The lowest BCUT2D eigenvalue weighted by Crippen LogP contribution is -2.41. The summed E-state index contributed by atoms with van der Waals surface area (Å²) in [5.74, 6) is -1.25. The van der Waals surface area contributed by atoms with Crippen molar-refractivity contribution in [3.63, 3.8) is 0 Å². The molecule has 1 atom stereocenters. The summed E-state index contributed by atoms with van der Waals surface area (Å²) < 4.78 is 18.5. The maximum absolute atomic E-state index is 12.9. The number of carboxylic acids is 1. The first kappa shape index (κ1) is 19.8. The van der Waals surface area contributed by atoms with Crippen molar-refractivity contribution in [3.8, 4) is 5.75 Å². The molecule has 8 heteroatoms.